The van der Waals surface area contributed by atoms with Crippen molar-refractivity contribution in [1.82, 2.24) is 9.55 Å². The summed E-state index contributed by atoms with van der Waals surface area (Å²) in [5.74, 6) is 0.853. The number of aromatic carboxylic acids is 1. The van der Waals surface area contributed by atoms with Gasteiger partial charge >= 0.3 is 5.97 Å². The van der Waals surface area contributed by atoms with Crippen LogP contribution in [-0.4, -0.2) is 27.2 Å². The van der Waals surface area contributed by atoms with E-state index in [0.717, 1.165) is 60.5 Å². The van der Waals surface area contributed by atoms with Crippen LogP contribution in [0, 0.1) is 0 Å². The van der Waals surface area contributed by atoms with Crippen LogP contribution in [-0.2, 0) is 0 Å². The lowest BCUT2D eigenvalue weighted by atomic mass is 10.1. The van der Waals surface area contributed by atoms with Crippen LogP contribution < -0.4 is 4.74 Å². The van der Waals surface area contributed by atoms with E-state index in [0.29, 0.717) is 6.04 Å². The molecule has 5 nitrogen and oxygen atoms in total. The van der Waals surface area contributed by atoms with Gasteiger partial charge in [0.1, 0.15) is 11.6 Å². The molecule has 1 fully saturated rings. The number of imidazole rings is 1. The second-order valence-electron chi connectivity index (χ2n) is 7.48. The lowest BCUT2D eigenvalue weighted by molar-refractivity contribution is 0.0697. The maximum atomic E-state index is 11.4. The molecule has 1 aliphatic carbocycles. The number of hydrogen-bond donors (Lipinski definition) is 1. The minimum absolute atomic E-state index is 0.273. The van der Waals surface area contributed by atoms with Crippen LogP contribution in [0.25, 0.3) is 22.4 Å². The van der Waals surface area contributed by atoms with Crippen molar-refractivity contribution < 1.29 is 14.6 Å². The molecule has 0 bridgehead atoms. The van der Waals surface area contributed by atoms with Crippen LogP contribution in [0.1, 0.15) is 61.8 Å². The van der Waals surface area contributed by atoms with E-state index in [4.69, 9.17) is 9.72 Å². The number of carboxylic acid groups (broad SMARTS) is 1. The molecule has 0 amide bonds. The summed E-state index contributed by atoms with van der Waals surface area (Å²) in [6.45, 7) is 2.88. The van der Waals surface area contributed by atoms with Crippen molar-refractivity contribution in [3.05, 3.63) is 48.0 Å². The van der Waals surface area contributed by atoms with Crippen LogP contribution >= 0.6 is 0 Å². The summed E-state index contributed by atoms with van der Waals surface area (Å²) in [4.78, 5) is 16.2. The molecule has 0 spiro atoms. The predicted octanol–water partition coefficient (Wildman–Crippen LogP) is 5.70. The highest BCUT2D eigenvalue weighted by Gasteiger charge is 2.24. The van der Waals surface area contributed by atoms with Gasteiger partial charge in [0.2, 0.25) is 0 Å². The number of aromatic nitrogens is 2. The van der Waals surface area contributed by atoms with E-state index < -0.39 is 5.97 Å². The molecule has 1 saturated carbocycles. The number of carbonyl (C=O) groups is 1. The summed E-state index contributed by atoms with van der Waals surface area (Å²) >= 11 is 0. The first-order valence-corrected chi connectivity index (χ1v) is 10.2. The zero-order valence-electron chi connectivity index (χ0n) is 16.2. The van der Waals surface area contributed by atoms with Crippen molar-refractivity contribution >= 4 is 17.0 Å². The molecular formula is C23H26N2O3. The van der Waals surface area contributed by atoms with Crippen molar-refractivity contribution in [1.29, 1.82) is 0 Å². The van der Waals surface area contributed by atoms with E-state index in [1.54, 1.807) is 12.1 Å². The number of ether oxygens (including phenoxy) is 1. The fourth-order valence-electron chi connectivity index (χ4n) is 4.00. The number of nitrogens with zero attached hydrogens (tertiary/aromatic N) is 2. The summed E-state index contributed by atoms with van der Waals surface area (Å²) in [6.07, 6.45) is 6.88. The van der Waals surface area contributed by atoms with Gasteiger partial charge in [-0.25, -0.2) is 9.78 Å². The quantitative estimate of drug-likeness (QED) is 0.536. The van der Waals surface area contributed by atoms with Gasteiger partial charge in [0.05, 0.1) is 23.2 Å². The molecule has 0 unspecified atom stereocenters. The average Bonchev–Trinajstić information content (AvgIpc) is 3.35. The highest BCUT2D eigenvalue weighted by atomic mass is 16.5. The maximum absolute atomic E-state index is 11.4. The Morgan fingerprint density at radius 2 is 1.93 bits per heavy atom. The third-order valence-corrected chi connectivity index (χ3v) is 5.51. The molecule has 1 aromatic heterocycles. The van der Waals surface area contributed by atoms with Gasteiger partial charge < -0.3 is 14.4 Å². The lowest BCUT2D eigenvalue weighted by Gasteiger charge is -2.17. The highest BCUT2D eigenvalue weighted by Crippen LogP contribution is 2.37. The standard InChI is InChI=1S/C23H26N2O3/c1-2-3-14-28-19-11-8-16(9-12-19)22-24-20-15-17(23(26)27)10-13-21(20)25(22)18-6-4-5-7-18/h8-13,15,18H,2-7,14H2,1H3,(H,26,27). The largest absolute Gasteiger partial charge is 0.494 e. The van der Waals surface area contributed by atoms with E-state index in [9.17, 15) is 9.90 Å². The maximum Gasteiger partial charge on any atom is 0.335 e. The van der Waals surface area contributed by atoms with E-state index in [2.05, 4.69) is 11.5 Å². The molecule has 1 N–H and O–H groups in total. The third kappa shape index (κ3) is 3.61. The Morgan fingerprint density at radius 1 is 1.18 bits per heavy atom. The average molecular weight is 378 g/mol. The summed E-state index contributed by atoms with van der Waals surface area (Å²) in [6, 6.07) is 13.7. The fraction of sp³-hybridized carbons (Fsp3) is 0.391. The summed E-state index contributed by atoms with van der Waals surface area (Å²) in [5.41, 5.74) is 3.05. The molecule has 1 heterocycles. The van der Waals surface area contributed by atoms with Gasteiger partial charge in [0, 0.05) is 11.6 Å². The van der Waals surface area contributed by atoms with Crippen molar-refractivity contribution in [2.24, 2.45) is 0 Å². The lowest BCUT2D eigenvalue weighted by Crippen LogP contribution is -2.06. The van der Waals surface area contributed by atoms with Crippen LogP contribution in [0.5, 0.6) is 5.75 Å². The number of carboxylic acids is 1. The van der Waals surface area contributed by atoms with Crippen molar-refractivity contribution in [3.63, 3.8) is 0 Å². The van der Waals surface area contributed by atoms with Crippen molar-refractivity contribution in [3.8, 4) is 17.1 Å². The van der Waals surface area contributed by atoms with Gasteiger partial charge in [-0.3, -0.25) is 0 Å². The van der Waals surface area contributed by atoms with Crippen LogP contribution in [0.2, 0.25) is 0 Å². The molecule has 146 valence electrons. The predicted molar refractivity (Wildman–Crippen MR) is 110 cm³/mol. The number of benzene rings is 2. The fourth-order valence-corrected chi connectivity index (χ4v) is 4.00. The molecule has 1 aliphatic rings. The molecule has 0 radical (unpaired) electrons. The molecule has 3 aromatic rings. The minimum Gasteiger partial charge on any atom is -0.494 e. The van der Waals surface area contributed by atoms with Gasteiger partial charge in [-0.05, 0) is 61.7 Å². The van der Waals surface area contributed by atoms with Gasteiger partial charge in [0.25, 0.3) is 0 Å². The Kier molecular flexibility index (Phi) is 5.33. The first-order valence-electron chi connectivity index (χ1n) is 10.2. The number of fused-ring (bicyclic) bond motifs is 1. The first-order chi connectivity index (χ1) is 13.7. The van der Waals surface area contributed by atoms with Crippen molar-refractivity contribution in [2.75, 3.05) is 6.61 Å². The minimum atomic E-state index is -0.924. The van der Waals surface area contributed by atoms with Gasteiger partial charge in [0.15, 0.2) is 0 Å². The zero-order chi connectivity index (χ0) is 19.5. The second kappa shape index (κ2) is 8.05. The first kappa shape index (κ1) is 18.5. The summed E-state index contributed by atoms with van der Waals surface area (Å²) in [5, 5.41) is 9.32. The topological polar surface area (TPSA) is 64.3 Å². The normalized spacial score (nSPS) is 14.6. The summed E-state index contributed by atoms with van der Waals surface area (Å²) in [7, 11) is 0. The molecule has 0 saturated heterocycles. The number of hydrogen-bond acceptors (Lipinski definition) is 3. The van der Waals surface area contributed by atoms with E-state index in [-0.39, 0.29) is 5.56 Å². The van der Waals surface area contributed by atoms with E-state index in [1.807, 2.05) is 30.3 Å². The smallest absolute Gasteiger partial charge is 0.335 e. The second-order valence-corrected chi connectivity index (χ2v) is 7.48. The monoisotopic (exact) mass is 378 g/mol. The number of unbranched alkanes of at least 4 members (excludes halogenated alkanes) is 1. The van der Waals surface area contributed by atoms with Gasteiger partial charge in [-0.2, -0.15) is 0 Å². The Bertz CT molecular complexity index is 969. The molecule has 0 atom stereocenters. The Labute approximate surface area is 165 Å². The number of rotatable bonds is 7. The van der Waals surface area contributed by atoms with E-state index in [1.165, 1.54) is 12.8 Å². The van der Waals surface area contributed by atoms with Gasteiger partial charge in [-0.15, -0.1) is 0 Å². The SMILES string of the molecule is CCCCOc1ccc(-c2nc3cc(C(=O)O)ccc3n2C2CCCC2)cc1. The van der Waals surface area contributed by atoms with Crippen LogP contribution in [0.15, 0.2) is 42.5 Å². The summed E-state index contributed by atoms with van der Waals surface area (Å²) < 4.78 is 8.08. The van der Waals surface area contributed by atoms with Crippen LogP contribution in [0.3, 0.4) is 0 Å². The zero-order valence-corrected chi connectivity index (χ0v) is 16.2. The molecule has 5 heteroatoms. The Morgan fingerprint density at radius 3 is 2.61 bits per heavy atom. The molecular weight excluding hydrogens is 352 g/mol. The Hall–Kier alpha value is -2.82. The van der Waals surface area contributed by atoms with Crippen LogP contribution in [0.4, 0.5) is 0 Å². The molecule has 0 aliphatic heterocycles. The van der Waals surface area contributed by atoms with Gasteiger partial charge in [-0.1, -0.05) is 26.2 Å². The van der Waals surface area contributed by atoms with Crippen molar-refractivity contribution in [2.45, 2.75) is 51.5 Å². The Balaban J connectivity index is 1.74. The third-order valence-electron chi connectivity index (χ3n) is 5.51. The molecule has 4 rings (SSSR count). The molecule has 28 heavy (non-hydrogen) atoms. The van der Waals surface area contributed by atoms with E-state index >= 15 is 0 Å². The highest BCUT2D eigenvalue weighted by molar-refractivity contribution is 5.93. The molecule has 2 aromatic carbocycles.